The lowest BCUT2D eigenvalue weighted by Crippen LogP contribution is -2.56. The number of carbonyl (C=O) groups is 1. The number of morpholine rings is 1. The molecule has 1 heterocycles. The van der Waals surface area contributed by atoms with E-state index in [9.17, 15) is 9.18 Å². The van der Waals surface area contributed by atoms with Gasteiger partial charge in [-0.15, -0.1) is 24.0 Å². The predicted octanol–water partition coefficient (Wildman–Crippen LogP) is 2.69. The number of hydrogen-bond acceptors (Lipinski definition) is 4. The van der Waals surface area contributed by atoms with E-state index in [1.54, 1.807) is 12.1 Å². The number of rotatable bonds is 9. The topological polar surface area (TPSA) is 78.0 Å². The van der Waals surface area contributed by atoms with Gasteiger partial charge in [0.15, 0.2) is 5.96 Å². The summed E-state index contributed by atoms with van der Waals surface area (Å²) in [5, 5.41) is 9.57. The molecule has 0 unspecified atom stereocenters. The Morgan fingerprint density at radius 2 is 1.73 bits per heavy atom. The molecule has 0 aromatic heterocycles. The Hall–Kier alpha value is -1.46. The second kappa shape index (κ2) is 14.7. The third-order valence-corrected chi connectivity index (χ3v) is 6.36. The molecule has 2 fully saturated rings. The van der Waals surface area contributed by atoms with Crippen molar-refractivity contribution in [1.29, 1.82) is 0 Å². The fourth-order valence-corrected chi connectivity index (χ4v) is 4.62. The summed E-state index contributed by atoms with van der Waals surface area (Å²) in [7, 11) is 0. The van der Waals surface area contributed by atoms with Gasteiger partial charge in [-0.2, -0.15) is 0 Å². The Morgan fingerprint density at radius 1 is 1.06 bits per heavy atom. The van der Waals surface area contributed by atoms with Gasteiger partial charge in [0.05, 0.1) is 26.2 Å². The highest BCUT2D eigenvalue weighted by molar-refractivity contribution is 14.0. The van der Waals surface area contributed by atoms with Gasteiger partial charge in [-0.3, -0.25) is 14.7 Å². The van der Waals surface area contributed by atoms with E-state index in [0.717, 1.165) is 50.9 Å². The first-order valence-electron chi connectivity index (χ1n) is 12.0. The molecule has 9 heteroatoms. The summed E-state index contributed by atoms with van der Waals surface area (Å²) in [6.07, 6.45) is 6.46. The van der Waals surface area contributed by atoms with Crippen LogP contribution in [0, 0.1) is 5.82 Å². The molecule has 0 radical (unpaired) electrons. The van der Waals surface area contributed by atoms with Crippen molar-refractivity contribution >= 4 is 35.8 Å². The second-order valence-electron chi connectivity index (χ2n) is 8.66. The van der Waals surface area contributed by atoms with Gasteiger partial charge in [0.1, 0.15) is 5.82 Å². The molecule has 186 valence electrons. The van der Waals surface area contributed by atoms with Crippen LogP contribution in [-0.2, 0) is 16.0 Å². The predicted molar refractivity (Wildman–Crippen MR) is 141 cm³/mol. The van der Waals surface area contributed by atoms with Crippen LogP contribution < -0.4 is 16.0 Å². The molecule has 3 N–H and O–H groups in total. The van der Waals surface area contributed by atoms with Crippen LogP contribution in [0.15, 0.2) is 29.3 Å². The molecule has 7 nitrogen and oxygen atoms in total. The van der Waals surface area contributed by atoms with Gasteiger partial charge >= 0.3 is 0 Å². The van der Waals surface area contributed by atoms with Gasteiger partial charge in [0, 0.05) is 38.3 Å². The highest BCUT2D eigenvalue weighted by Gasteiger charge is 2.38. The minimum Gasteiger partial charge on any atom is -0.379 e. The quantitative estimate of drug-likeness (QED) is 0.183. The lowest BCUT2D eigenvalue weighted by molar-refractivity contribution is -0.120. The monoisotopic (exact) mass is 575 g/mol. The van der Waals surface area contributed by atoms with E-state index < -0.39 is 0 Å². The van der Waals surface area contributed by atoms with E-state index in [1.807, 2.05) is 0 Å². The van der Waals surface area contributed by atoms with E-state index >= 15 is 0 Å². The molecular formula is C24H39FIN5O2. The SMILES string of the molecule is CCNC(=NCC1(N2CCOCC2)CCCCC1)NCCNC(=O)Cc1ccc(F)cc1.I. The van der Waals surface area contributed by atoms with E-state index in [0.29, 0.717) is 13.1 Å². The highest BCUT2D eigenvalue weighted by atomic mass is 127. The minimum absolute atomic E-state index is 0. The average Bonchev–Trinajstić information content (AvgIpc) is 2.83. The van der Waals surface area contributed by atoms with Crippen molar-refractivity contribution in [2.45, 2.75) is 51.0 Å². The first-order valence-corrected chi connectivity index (χ1v) is 12.0. The molecule has 3 rings (SSSR count). The van der Waals surface area contributed by atoms with Gasteiger partial charge in [-0.25, -0.2) is 4.39 Å². The van der Waals surface area contributed by atoms with Gasteiger partial charge in [-0.05, 0) is 37.5 Å². The van der Waals surface area contributed by atoms with Gasteiger partial charge < -0.3 is 20.7 Å². The highest BCUT2D eigenvalue weighted by Crippen LogP contribution is 2.34. The zero-order valence-electron chi connectivity index (χ0n) is 19.7. The summed E-state index contributed by atoms with van der Waals surface area (Å²) in [6.45, 7) is 8.29. The van der Waals surface area contributed by atoms with Crippen LogP contribution in [0.5, 0.6) is 0 Å². The number of nitrogens with zero attached hydrogens (tertiary/aromatic N) is 2. The number of benzene rings is 1. The average molecular weight is 576 g/mol. The van der Waals surface area contributed by atoms with Gasteiger partial charge in [0.25, 0.3) is 0 Å². The number of ether oxygens (including phenoxy) is 1. The maximum Gasteiger partial charge on any atom is 0.224 e. The number of aliphatic imine (C=N–C) groups is 1. The zero-order valence-corrected chi connectivity index (χ0v) is 22.0. The van der Waals surface area contributed by atoms with Gasteiger partial charge in [0.2, 0.25) is 5.91 Å². The number of nitrogens with one attached hydrogen (secondary N) is 3. The molecule has 0 atom stereocenters. The minimum atomic E-state index is -0.294. The van der Waals surface area contributed by atoms with E-state index in [2.05, 4.69) is 27.8 Å². The molecule has 1 aromatic rings. The fraction of sp³-hybridized carbons (Fsp3) is 0.667. The molecule has 1 saturated heterocycles. The van der Waals surface area contributed by atoms with Crippen LogP contribution in [-0.4, -0.2) is 74.8 Å². The van der Waals surface area contributed by atoms with Crippen molar-refractivity contribution < 1.29 is 13.9 Å². The van der Waals surface area contributed by atoms with Crippen LogP contribution >= 0.6 is 24.0 Å². The summed E-state index contributed by atoms with van der Waals surface area (Å²) >= 11 is 0. The number of guanidine groups is 1. The standard InChI is InChI=1S/C24H38FN5O2.HI/c1-2-26-23(28-13-12-27-22(31)18-20-6-8-21(25)9-7-20)29-19-24(10-4-3-5-11-24)30-14-16-32-17-15-30;/h6-9H,2-5,10-19H2,1H3,(H,27,31)(H2,26,28,29);1H. The number of carbonyl (C=O) groups excluding carboxylic acids is 1. The summed E-state index contributed by atoms with van der Waals surface area (Å²) in [5.41, 5.74) is 0.931. The summed E-state index contributed by atoms with van der Waals surface area (Å²) in [5.74, 6) is 0.421. The third kappa shape index (κ3) is 9.01. The van der Waals surface area contributed by atoms with Crippen LogP contribution in [0.1, 0.15) is 44.6 Å². The fourth-order valence-electron chi connectivity index (χ4n) is 4.62. The first-order chi connectivity index (χ1) is 15.6. The molecule has 1 amide bonds. The maximum absolute atomic E-state index is 13.0. The van der Waals surface area contributed by atoms with E-state index in [1.165, 1.54) is 44.2 Å². The van der Waals surface area contributed by atoms with Crippen molar-refractivity contribution in [3.63, 3.8) is 0 Å². The van der Waals surface area contributed by atoms with E-state index in [-0.39, 0.29) is 47.7 Å². The Balaban J connectivity index is 0.00000385. The zero-order chi connectivity index (χ0) is 22.7. The Kier molecular flexibility index (Phi) is 12.4. The molecule has 1 aromatic carbocycles. The molecule has 33 heavy (non-hydrogen) atoms. The molecule has 1 aliphatic carbocycles. The molecule has 1 saturated carbocycles. The Labute approximate surface area is 214 Å². The summed E-state index contributed by atoms with van der Waals surface area (Å²) in [6, 6.07) is 6.02. The normalized spacial score (nSPS) is 18.8. The smallest absolute Gasteiger partial charge is 0.224 e. The van der Waals surface area contributed by atoms with Crippen LogP contribution in [0.4, 0.5) is 4.39 Å². The lowest BCUT2D eigenvalue weighted by atomic mass is 9.80. The lowest BCUT2D eigenvalue weighted by Gasteiger charge is -2.47. The van der Waals surface area contributed by atoms with Crippen LogP contribution in [0.2, 0.25) is 0 Å². The molecule has 2 aliphatic rings. The molecule has 0 spiro atoms. The number of amides is 1. The number of halogens is 2. The van der Waals surface area contributed by atoms with Crippen molar-refractivity contribution in [3.05, 3.63) is 35.6 Å². The second-order valence-corrected chi connectivity index (χ2v) is 8.66. The Bertz CT molecular complexity index is 735. The largest absolute Gasteiger partial charge is 0.379 e. The van der Waals surface area contributed by atoms with Crippen molar-refractivity contribution in [3.8, 4) is 0 Å². The molecule has 0 bridgehead atoms. The first kappa shape index (κ1) is 27.8. The van der Waals surface area contributed by atoms with Crippen molar-refractivity contribution in [1.82, 2.24) is 20.9 Å². The molecule has 1 aliphatic heterocycles. The number of hydrogen-bond donors (Lipinski definition) is 3. The van der Waals surface area contributed by atoms with Gasteiger partial charge in [-0.1, -0.05) is 31.4 Å². The summed E-state index contributed by atoms with van der Waals surface area (Å²) < 4.78 is 18.6. The van der Waals surface area contributed by atoms with Crippen LogP contribution in [0.3, 0.4) is 0 Å². The third-order valence-electron chi connectivity index (χ3n) is 6.36. The van der Waals surface area contributed by atoms with E-state index in [4.69, 9.17) is 9.73 Å². The summed E-state index contributed by atoms with van der Waals surface area (Å²) in [4.78, 5) is 19.7. The van der Waals surface area contributed by atoms with Crippen molar-refractivity contribution in [2.75, 3.05) is 52.5 Å². The van der Waals surface area contributed by atoms with Crippen LogP contribution in [0.25, 0.3) is 0 Å². The maximum atomic E-state index is 13.0. The molecular weight excluding hydrogens is 536 g/mol. The Morgan fingerprint density at radius 3 is 2.39 bits per heavy atom. The van der Waals surface area contributed by atoms with Crippen molar-refractivity contribution in [2.24, 2.45) is 4.99 Å².